The molecule has 1 aromatic heterocycles. The fourth-order valence-electron chi connectivity index (χ4n) is 1.92. The number of halogens is 1. The SMILES string of the molecule is Cc1c(N)cc(-c2nnnn2C(C)CS(C)=O)cc1F. The van der Waals surface area contributed by atoms with Crippen LogP contribution in [0.5, 0.6) is 0 Å². The van der Waals surface area contributed by atoms with E-state index >= 15 is 0 Å². The molecular weight excluding hydrogens is 281 g/mol. The van der Waals surface area contributed by atoms with Crippen LogP contribution in [0.25, 0.3) is 11.4 Å². The second kappa shape index (κ2) is 5.66. The van der Waals surface area contributed by atoms with Crippen LogP contribution in [0.2, 0.25) is 0 Å². The third-order valence-corrected chi connectivity index (χ3v) is 3.98. The van der Waals surface area contributed by atoms with Crippen LogP contribution in [0.15, 0.2) is 12.1 Å². The largest absolute Gasteiger partial charge is 0.398 e. The van der Waals surface area contributed by atoms with Gasteiger partial charge in [0, 0.05) is 39.6 Å². The van der Waals surface area contributed by atoms with Crippen LogP contribution in [0.3, 0.4) is 0 Å². The second-order valence-corrected chi connectivity index (χ2v) is 6.19. The Morgan fingerprint density at radius 2 is 2.20 bits per heavy atom. The van der Waals surface area contributed by atoms with Crippen molar-refractivity contribution in [2.75, 3.05) is 17.7 Å². The minimum absolute atomic E-state index is 0.156. The Morgan fingerprint density at radius 3 is 2.80 bits per heavy atom. The molecule has 0 bridgehead atoms. The van der Waals surface area contributed by atoms with Crippen LogP contribution in [-0.4, -0.2) is 36.4 Å². The zero-order valence-corrected chi connectivity index (χ0v) is 12.3. The molecule has 0 saturated carbocycles. The van der Waals surface area contributed by atoms with Crippen molar-refractivity contribution >= 4 is 16.5 Å². The van der Waals surface area contributed by atoms with Crippen LogP contribution in [-0.2, 0) is 10.8 Å². The summed E-state index contributed by atoms with van der Waals surface area (Å²) in [5.41, 5.74) is 7.02. The van der Waals surface area contributed by atoms with Crippen molar-refractivity contribution in [3.8, 4) is 11.4 Å². The van der Waals surface area contributed by atoms with E-state index in [-0.39, 0.29) is 6.04 Å². The van der Waals surface area contributed by atoms with Crippen LogP contribution >= 0.6 is 0 Å². The van der Waals surface area contributed by atoms with Gasteiger partial charge in [-0.2, -0.15) is 0 Å². The van der Waals surface area contributed by atoms with Gasteiger partial charge in [0.1, 0.15) is 5.82 Å². The molecular formula is C12H16FN5OS. The molecule has 0 spiro atoms. The van der Waals surface area contributed by atoms with Crippen LogP contribution < -0.4 is 5.73 Å². The first-order valence-electron chi connectivity index (χ1n) is 6.04. The van der Waals surface area contributed by atoms with Crippen molar-refractivity contribution in [1.82, 2.24) is 20.2 Å². The summed E-state index contributed by atoms with van der Waals surface area (Å²) >= 11 is 0. The lowest BCUT2D eigenvalue weighted by Crippen LogP contribution is -2.15. The molecule has 20 heavy (non-hydrogen) atoms. The Balaban J connectivity index is 2.44. The quantitative estimate of drug-likeness (QED) is 0.860. The Kier molecular flexibility index (Phi) is 4.12. The van der Waals surface area contributed by atoms with Crippen molar-refractivity contribution in [3.05, 3.63) is 23.5 Å². The molecule has 2 unspecified atom stereocenters. The molecule has 2 aromatic rings. The van der Waals surface area contributed by atoms with Crippen LogP contribution in [0.4, 0.5) is 10.1 Å². The van der Waals surface area contributed by atoms with Gasteiger partial charge in [-0.05, 0) is 36.4 Å². The number of nitrogens with zero attached hydrogens (tertiary/aromatic N) is 4. The number of hydrogen-bond acceptors (Lipinski definition) is 5. The van der Waals surface area contributed by atoms with Crippen molar-refractivity contribution in [1.29, 1.82) is 0 Å². The van der Waals surface area contributed by atoms with E-state index in [0.29, 0.717) is 28.4 Å². The molecule has 6 nitrogen and oxygen atoms in total. The van der Waals surface area contributed by atoms with E-state index < -0.39 is 16.6 Å². The second-order valence-electron chi connectivity index (χ2n) is 4.71. The smallest absolute Gasteiger partial charge is 0.182 e. The van der Waals surface area contributed by atoms with Crippen molar-refractivity contribution in [3.63, 3.8) is 0 Å². The lowest BCUT2D eigenvalue weighted by Gasteiger charge is -2.12. The van der Waals surface area contributed by atoms with Crippen molar-refractivity contribution < 1.29 is 8.60 Å². The summed E-state index contributed by atoms with van der Waals surface area (Å²) in [5.74, 6) is 0.428. The van der Waals surface area contributed by atoms with Gasteiger partial charge in [0.15, 0.2) is 5.82 Å². The summed E-state index contributed by atoms with van der Waals surface area (Å²) in [5, 5.41) is 11.4. The van der Waals surface area contributed by atoms with E-state index in [1.807, 2.05) is 6.92 Å². The van der Waals surface area contributed by atoms with Crippen molar-refractivity contribution in [2.45, 2.75) is 19.9 Å². The maximum absolute atomic E-state index is 13.8. The average Bonchev–Trinajstić information content (AvgIpc) is 2.83. The number of tetrazole rings is 1. The Bertz CT molecular complexity index is 634. The monoisotopic (exact) mass is 297 g/mol. The van der Waals surface area contributed by atoms with Gasteiger partial charge in [0.25, 0.3) is 0 Å². The van der Waals surface area contributed by atoms with Crippen molar-refractivity contribution in [2.24, 2.45) is 0 Å². The highest BCUT2D eigenvalue weighted by Crippen LogP contribution is 2.25. The summed E-state index contributed by atoms with van der Waals surface area (Å²) in [6.45, 7) is 3.47. The summed E-state index contributed by atoms with van der Waals surface area (Å²) in [6, 6.07) is 2.83. The fraction of sp³-hybridized carbons (Fsp3) is 0.417. The van der Waals surface area contributed by atoms with Gasteiger partial charge in [0.2, 0.25) is 0 Å². The molecule has 0 amide bonds. The highest BCUT2D eigenvalue weighted by molar-refractivity contribution is 7.84. The average molecular weight is 297 g/mol. The van der Waals surface area contributed by atoms with Gasteiger partial charge in [-0.25, -0.2) is 9.07 Å². The highest BCUT2D eigenvalue weighted by atomic mass is 32.2. The van der Waals surface area contributed by atoms with E-state index in [4.69, 9.17) is 5.73 Å². The minimum atomic E-state index is -0.973. The number of aromatic nitrogens is 4. The molecule has 0 aliphatic carbocycles. The number of anilines is 1. The summed E-state index contributed by atoms with van der Waals surface area (Å²) in [7, 11) is -0.973. The Hall–Kier alpha value is -1.83. The van der Waals surface area contributed by atoms with Gasteiger partial charge in [-0.15, -0.1) is 5.10 Å². The topological polar surface area (TPSA) is 86.7 Å². The maximum Gasteiger partial charge on any atom is 0.182 e. The fourth-order valence-corrected chi connectivity index (χ4v) is 2.74. The molecule has 8 heteroatoms. The number of rotatable bonds is 4. The normalized spacial score (nSPS) is 14.2. The molecule has 108 valence electrons. The van der Waals surface area contributed by atoms with Crippen LogP contribution in [0.1, 0.15) is 18.5 Å². The van der Waals surface area contributed by atoms with E-state index in [9.17, 15) is 8.60 Å². The molecule has 2 N–H and O–H groups in total. The van der Waals surface area contributed by atoms with E-state index in [1.165, 1.54) is 10.7 Å². The number of benzene rings is 1. The number of hydrogen-bond donors (Lipinski definition) is 1. The standard InChI is InChI=1S/C12H16FN5OS/c1-7(6-20(3)19)18-12(15-16-17-18)9-4-10(13)8(2)11(14)5-9/h4-5,7H,6,14H2,1-3H3. The van der Waals surface area contributed by atoms with E-state index in [1.54, 1.807) is 19.2 Å². The zero-order chi connectivity index (χ0) is 14.9. The molecule has 0 fully saturated rings. The summed E-state index contributed by atoms with van der Waals surface area (Å²) < 4.78 is 26.6. The predicted molar refractivity (Wildman–Crippen MR) is 76.0 cm³/mol. The first kappa shape index (κ1) is 14.6. The third-order valence-electron chi connectivity index (χ3n) is 3.03. The first-order valence-corrected chi connectivity index (χ1v) is 7.76. The minimum Gasteiger partial charge on any atom is -0.398 e. The third kappa shape index (κ3) is 2.84. The molecule has 0 aliphatic heterocycles. The Morgan fingerprint density at radius 1 is 1.50 bits per heavy atom. The lowest BCUT2D eigenvalue weighted by atomic mass is 10.1. The first-order chi connectivity index (χ1) is 9.40. The van der Waals surface area contributed by atoms with E-state index in [0.717, 1.165) is 0 Å². The predicted octanol–water partition coefficient (Wildman–Crippen LogP) is 1.31. The summed E-state index contributed by atoms with van der Waals surface area (Å²) in [6.07, 6.45) is 1.62. The Labute approximate surface area is 118 Å². The van der Waals surface area contributed by atoms with Gasteiger partial charge in [-0.3, -0.25) is 4.21 Å². The molecule has 0 saturated heterocycles. The van der Waals surface area contributed by atoms with Gasteiger partial charge >= 0.3 is 0 Å². The number of nitrogens with two attached hydrogens (primary N) is 1. The molecule has 0 aliphatic rings. The molecule has 0 radical (unpaired) electrons. The van der Waals surface area contributed by atoms with Crippen LogP contribution in [0, 0.1) is 12.7 Å². The van der Waals surface area contributed by atoms with E-state index in [2.05, 4.69) is 15.5 Å². The van der Waals surface area contributed by atoms with Gasteiger partial charge in [-0.1, -0.05) is 0 Å². The molecule has 1 heterocycles. The zero-order valence-electron chi connectivity index (χ0n) is 11.5. The maximum atomic E-state index is 13.8. The van der Waals surface area contributed by atoms with Gasteiger partial charge in [0.05, 0.1) is 6.04 Å². The number of nitrogen functional groups attached to an aromatic ring is 1. The molecule has 2 rings (SSSR count). The summed E-state index contributed by atoms with van der Waals surface area (Å²) in [4.78, 5) is 0. The van der Waals surface area contributed by atoms with Gasteiger partial charge < -0.3 is 5.73 Å². The molecule has 2 atom stereocenters. The molecule has 1 aromatic carbocycles. The lowest BCUT2D eigenvalue weighted by molar-refractivity contribution is 0.521. The highest BCUT2D eigenvalue weighted by Gasteiger charge is 2.17.